The van der Waals surface area contributed by atoms with Gasteiger partial charge in [-0.3, -0.25) is 4.79 Å². The molecule has 0 radical (unpaired) electrons. The number of hydrogen-bond donors (Lipinski definition) is 1. The van der Waals surface area contributed by atoms with Crippen LogP contribution in [0.15, 0.2) is 12.5 Å². The van der Waals surface area contributed by atoms with E-state index < -0.39 is 0 Å². The number of carbonyl (C=O) groups excluding carboxylic acids is 1. The van der Waals surface area contributed by atoms with Crippen molar-refractivity contribution in [3.8, 4) is 0 Å². The fraction of sp³-hybridized carbons (Fsp3) is 0.600. The zero-order valence-electron chi connectivity index (χ0n) is 8.95. The zero-order chi connectivity index (χ0) is 10.8. The lowest BCUT2D eigenvalue weighted by molar-refractivity contribution is -0.118. The summed E-state index contributed by atoms with van der Waals surface area (Å²) in [7, 11) is 0. The van der Waals surface area contributed by atoms with Gasteiger partial charge in [-0.05, 0) is 27.2 Å². The Kier molecular flexibility index (Phi) is 2.93. The second-order valence-corrected chi connectivity index (χ2v) is 4.41. The van der Waals surface area contributed by atoms with Crippen molar-refractivity contribution in [2.24, 2.45) is 5.73 Å². The van der Waals surface area contributed by atoms with Crippen molar-refractivity contribution < 1.29 is 4.79 Å². The molecule has 2 N–H and O–H groups in total. The minimum Gasteiger partial charge on any atom is -0.370 e. The zero-order valence-corrected chi connectivity index (χ0v) is 8.95. The van der Waals surface area contributed by atoms with Crippen LogP contribution in [0.3, 0.4) is 0 Å². The molecule has 0 spiro atoms. The smallest absolute Gasteiger partial charge is 0.217 e. The van der Waals surface area contributed by atoms with E-state index in [-0.39, 0.29) is 11.4 Å². The van der Waals surface area contributed by atoms with E-state index >= 15 is 0 Å². The Hall–Kier alpha value is -1.32. The van der Waals surface area contributed by atoms with Crippen LogP contribution in [0.4, 0.5) is 0 Å². The first-order valence-electron chi connectivity index (χ1n) is 4.71. The fourth-order valence-electron chi connectivity index (χ4n) is 1.11. The number of nitrogens with two attached hydrogens (primary N) is 1. The van der Waals surface area contributed by atoms with Gasteiger partial charge in [0.15, 0.2) is 0 Å². The van der Waals surface area contributed by atoms with Crippen molar-refractivity contribution in [2.45, 2.75) is 39.2 Å². The molecule has 0 saturated heterocycles. The van der Waals surface area contributed by atoms with Crippen molar-refractivity contribution in [3.05, 3.63) is 18.2 Å². The Morgan fingerprint density at radius 3 is 2.64 bits per heavy atom. The molecule has 1 aromatic rings. The van der Waals surface area contributed by atoms with Gasteiger partial charge in [0.05, 0.1) is 12.0 Å². The minimum atomic E-state index is -0.282. The maximum absolute atomic E-state index is 10.6. The van der Waals surface area contributed by atoms with Crippen molar-refractivity contribution in [2.75, 3.05) is 0 Å². The van der Waals surface area contributed by atoms with Crippen LogP contribution in [0.5, 0.6) is 0 Å². The van der Waals surface area contributed by atoms with E-state index in [1.165, 1.54) is 0 Å². The van der Waals surface area contributed by atoms with Gasteiger partial charge in [0.1, 0.15) is 0 Å². The predicted molar refractivity (Wildman–Crippen MR) is 54.7 cm³/mol. The first-order chi connectivity index (χ1) is 6.39. The summed E-state index contributed by atoms with van der Waals surface area (Å²) in [5, 5.41) is 0. The molecule has 0 bridgehead atoms. The predicted octanol–water partition coefficient (Wildman–Crippen LogP) is 1.06. The number of imidazole rings is 1. The van der Waals surface area contributed by atoms with E-state index in [0.29, 0.717) is 12.8 Å². The standard InChI is InChI=1S/C10H17N3O/c1-10(2,3)13-6-8(12-7-13)4-5-9(11)14/h6-7H,4-5H2,1-3H3,(H2,11,14). The van der Waals surface area contributed by atoms with E-state index in [1.807, 2.05) is 10.8 Å². The van der Waals surface area contributed by atoms with Gasteiger partial charge in [0.2, 0.25) is 5.91 Å². The van der Waals surface area contributed by atoms with Crippen LogP contribution >= 0.6 is 0 Å². The number of nitrogens with zero attached hydrogens (tertiary/aromatic N) is 2. The van der Waals surface area contributed by atoms with Crippen LogP contribution in [-0.4, -0.2) is 15.5 Å². The molecule has 0 fully saturated rings. The third-order valence-corrected chi connectivity index (χ3v) is 2.04. The number of carbonyl (C=O) groups is 1. The molecule has 0 unspecified atom stereocenters. The summed E-state index contributed by atoms with van der Waals surface area (Å²) in [4.78, 5) is 14.8. The number of hydrogen-bond acceptors (Lipinski definition) is 2. The summed E-state index contributed by atoms with van der Waals surface area (Å²) >= 11 is 0. The molecule has 0 saturated carbocycles. The number of aryl methyl sites for hydroxylation is 1. The number of primary amides is 1. The third kappa shape index (κ3) is 2.87. The molecule has 14 heavy (non-hydrogen) atoms. The highest BCUT2D eigenvalue weighted by molar-refractivity contribution is 5.73. The molecule has 1 aromatic heterocycles. The molecule has 4 nitrogen and oxygen atoms in total. The minimum absolute atomic E-state index is 0.0397. The van der Waals surface area contributed by atoms with Gasteiger partial charge >= 0.3 is 0 Å². The Labute approximate surface area is 84.1 Å². The Bertz CT molecular complexity index is 322. The highest BCUT2D eigenvalue weighted by Crippen LogP contribution is 2.14. The van der Waals surface area contributed by atoms with Gasteiger partial charge < -0.3 is 10.3 Å². The van der Waals surface area contributed by atoms with Crippen molar-refractivity contribution in [1.82, 2.24) is 9.55 Å². The summed E-state index contributed by atoms with van der Waals surface area (Å²) in [6.07, 6.45) is 4.73. The van der Waals surface area contributed by atoms with Gasteiger partial charge in [-0.2, -0.15) is 0 Å². The monoisotopic (exact) mass is 195 g/mol. The molecule has 4 heteroatoms. The van der Waals surface area contributed by atoms with Crippen LogP contribution in [-0.2, 0) is 16.8 Å². The molecular formula is C10H17N3O. The van der Waals surface area contributed by atoms with Crippen LogP contribution < -0.4 is 5.73 Å². The average molecular weight is 195 g/mol. The largest absolute Gasteiger partial charge is 0.370 e. The number of amides is 1. The second kappa shape index (κ2) is 3.82. The lowest BCUT2D eigenvalue weighted by atomic mass is 10.1. The topological polar surface area (TPSA) is 60.9 Å². The lowest BCUT2D eigenvalue weighted by Crippen LogP contribution is -2.19. The maximum atomic E-state index is 10.6. The van der Waals surface area contributed by atoms with Crippen LogP contribution in [0.1, 0.15) is 32.9 Å². The van der Waals surface area contributed by atoms with Gasteiger partial charge in [-0.25, -0.2) is 4.98 Å². The van der Waals surface area contributed by atoms with Crippen LogP contribution in [0.2, 0.25) is 0 Å². The van der Waals surface area contributed by atoms with E-state index in [0.717, 1.165) is 5.69 Å². The quantitative estimate of drug-likeness (QED) is 0.783. The highest BCUT2D eigenvalue weighted by atomic mass is 16.1. The highest BCUT2D eigenvalue weighted by Gasteiger charge is 2.13. The molecule has 1 rings (SSSR count). The Balaban J connectivity index is 2.64. The lowest BCUT2D eigenvalue weighted by Gasteiger charge is -2.19. The van der Waals surface area contributed by atoms with Crippen molar-refractivity contribution in [3.63, 3.8) is 0 Å². The van der Waals surface area contributed by atoms with E-state index in [1.54, 1.807) is 6.33 Å². The van der Waals surface area contributed by atoms with Crippen molar-refractivity contribution in [1.29, 1.82) is 0 Å². The molecule has 78 valence electrons. The number of aromatic nitrogens is 2. The molecule has 1 amide bonds. The van der Waals surface area contributed by atoms with Gasteiger partial charge in [0, 0.05) is 18.2 Å². The third-order valence-electron chi connectivity index (χ3n) is 2.04. The first-order valence-corrected chi connectivity index (χ1v) is 4.71. The Morgan fingerprint density at radius 1 is 1.57 bits per heavy atom. The summed E-state index contributed by atoms with van der Waals surface area (Å²) < 4.78 is 2.03. The summed E-state index contributed by atoms with van der Waals surface area (Å²) in [6.45, 7) is 6.31. The van der Waals surface area contributed by atoms with E-state index in [4.69, 9.17) is 5.73 Å². The van der Waals surface area contributed by atoms with E-state index in [2.05, 4.69) is 25.8 Å². The summed E-state index contributed by atoms with van der Waals surface area (Å²) in [5.74, 6) is -0.282. The number of rotatable bonds is 3. The molecule has 0 aliphatic carbocycles. The average Bonchev–Trinajstić information content (AvgIpc) is 2.47. The molecule has 0 atom stereocenters. The first kappa shape index (κ1) is 10.8. The molecule has 0 aliphatic heterocycles. The molecule has 0 aromatic carbocycles. The SMILES string of the molecule is CC(C)(C)n1cnc(CCC(N)=O)c1. The van der Waals surface area contributed by atoms with Crippen LogP contribution in [0.25, 0.3) is 0 Å². The molecule has 1 heterocycles. The van der Waals surface area contributed by atoms with Crippen molar-refractivity contribution >= 4 is 5.91 Å². The van der Waals surface area contributed by atoms with Crippen LogP contribution in [0, 0.1) is 0 Å². The van der Waals surface area contributed by atoms with Gasteiger partial charge in [-0.1, -0.05) is 0 Å². The summed E-state index contributed by atoms with van der Waals surface area (Å²) in [5.41, 5.74) is 6.01. The maximum Gasteiger partial charge on any atom is 0.217 e. The second-order valence-electron chi connectivity index (χ2n) is 4.41. The van der Waals surface area contributed by atoms with Gasteiger partial charge in [-0.15, -0.1) is 0 Å². The fourth-order valence-corrected chi connectivity index (χ4v) is 1.11. The normalized spacial score (nSPS) is 11.6. The Morgan fingerprint density at radius 2 is 2.21 bits per heavy atom. The molecule has 0 aliphatic rings. The van der Waals surface area contributed by atoms with Gasteiger partial charge in [0.25, 0.3) is 0 Å². The van der Waals surface area contributed by atoms with E-state index in [9.17, 15) is 4.79 Å². The molecular weight excluding hydrogens is 178 g/mol. The summed E-state index contributed by atoms with van der Waals surface area (Å²) in [6, 6.07) is 0.